The van der Waals surface area contributed by atoms with Gasteiger partial charge in [-0.25, -0.2) is 0 Å². The maximum Gasteiger partial charge on any atom is -0.00201 e. The van der Waals surface area contributed by atoms with Gasteiger partial charge in [-0.2, -0.15) is 0 Å². The highest BCUT2D eigenvalue weighted by Crippen LogP contribution is 2.45. The van der Waals surface area contributed by atoms with Crippen LogP contribution in [0.25, 0.3) is 98.0 Å². The fraction of sp³-hybridized carbons (Fsp3) is 0. The zero-order valence-corrected chi connectivity index (χ0v) is 26.3. The average molecular weight is 607 g/mol. The number of hydrogen-bond acceptors (Lipinski definition) is 0. The highest BCUT2D eigenvalue weighted by atomic mass is 14.2. The summed E-state index contributed by atoms with van der Waals surface area (Å²) in [5, 5.41) is 15.5. The summed E-state index contributed by atoms with van der Waals surface area (Å²) < 4.78 is 0. The lowest BCUT2D eigenvalue weighted by Crippen LogP contribution is -1.91. The van der Waals surface area contributed by atoms with Gasteiger partial charge < -0.3 is 0 Å². The van der Waals surface area contributed by atoms with Gasteiger partial charge in [0.1, 0.15) is 0 Å². The highest BCUT2D eigenvalue weighted by molar-refractivity contribution is 6.26. The van der Waals surface area contributed by atoms with Gasteiger partial charge in [0.15, 0.2) is 0 Å². The third kappa shape index (κ3) is 4.03. The predicted octanol–water partition coefficient (Wildman–Crippen LogP) is 13.6. The van der Waals surface area contributed by atoms with E-state index in [9.17, 15) is 0 Å². The van der Waals surface area contributed by atoms with Gasteiger partial charge in [-0.1, -0.05) is 176 Å². The van der Waals surface area contributed by atoms with E-state index in [1.165, 1.54) is 98.0 Å². The van der Waals surface area contributed by atoms with Crippen molar-refractivity contribution in [3.8, 4) is 33.4 Å². The van der Waals surface area contributed by atoms with E-state index in [1.54, 1.807) is 0 Å². The van der Waals surface area contributed by atoms with Crippen LogP contribution in [-0.2, 0) is 0 Å². The molecule has 0 heteroatoms. The Balaban J connectivity index is 1.16. The molecule has 0 atom stereocenters. The minimum absolute atomic E-state index is 1.22. The maximum atomic E-state index is 2.38. The van der Waals surface area contributed by atoms with E-state index in [2.05, 4.69) is 182 Å². The molecule has 0 aliphatic carbocycles. The molecule has 0 aromatic heterocycles. The first kappa shape index (κ1) is 26.9. The standard InChI is InChI=1S/C48H30/c1-2-14-35-32(12-1)13-11-23-41(35)48-44-21-9-7-19-42(44)47(43-20-8-10-22-45(43)48)33-26-24-31(25-27-33)34-28-29-40-38-17-4-3-15-36(38)37-16-5-6-18-39(37)46(40)30-34/h1-30H. The lowest BCUT2D eigenvalue weighted by molar-refractivity contribution is 1.63. The molecule has 0 fully saturated rings. The Morgan fingerprint density at radius 2 is 0.604 bits per heavy atom. The molecule has 0 N–H and O–H groups in total. The average Bonchev–Trinajstić information content (AvgIpc) is 3.17. The summed E-state index contributed by atoms with van der Waals surface area (Å²) in [6.07, 6.45) is 0. The van der Waals surface area contributed by atoms with Crippen LogP contribution in [0.5, 0.6) is 0 Å². The van der Waals surface area contributed by atoms with Gasteiger partial charge in [0, 0.05) is 0 Å². The molecule has 0 heterocycles. The van der Waals surface area contributed by atoms with Gasteiger partial charge in [0.05, 0.1) is 0 Å². The van der Waals surface area contributed by atoms with Crippen molar-refractivity contribution in [3.63, 3.8) is 0 Å². The first-order valence-electron chi connectivity index (χ1n) is 16.7. The molecule has 10 aromatic rings. The zero-order chi connectivity index (χ0) is 31.6. The second kappa shape index (κ2) is 10.7. The van der Waals surface area contributed by atoms with Crippen LogP contribution in [0.4, 0.5) is 0 Å². The first-order chi connectivity index (χ1) is 23.8. The Bertz CT molecular complexity index is 2780. The van der Waals surface area contributed by atoms with E-state index >= 15 is 0 Å². The fourth-order valence-corrected chi connectivity index (χ4v) is 8.09. The van der Waals surface area contributed by atoms with Crippen LogP contribution in [0.3, 0.4) is 0 Å². The van der Waals surface area contributed by atoms with Crippen molar-refractivity contribution in [1.29, 1.82) is 0 Å². The monoisotopic (exact) mass is 606 g/mol. The van der Waals surface area contributed by atoms with Crippen molar-refractivity contribution >= 4 is 64.6 Å². The molecule has 0 aliphatic rings. The van der Waals surface area contributed by atoms with Crippen LogP contribution in [0, 0.1) is 0 Å². The van der Waals surface area contributed by atoms with Crippen molar-refractivity contribution in [2.45, 2.75) is 0 Å². The molecule has 222 valence electrons. The van der Waals surface area contributed by atoms with Crippen LogP contribution >= 0.6 is 0 Å². The van der Waals surface area contributed by atoms with Crippen LogP contribution in [-0.4, -0.2) is 0 Å². The van der Waals surface area contributed by atoms with E-state index in [0.29, 0.717) is 0 Å². The van der Waals surface area contributed by atoms with Crippen LogP contribution < -0.4 is 0 Å². The van der Waals surface area contributed by atoms with E-state index in [0.717, 1.165) is 0 Å². The summed E-state index contributed by atoms with van der Waals surface area (Å²) in [6, 6.07) is 67.0. The van der Waals surface area contributed by atoms with Gasteiger partial charge in [-0.15, -0.1) is 0 Å². The summed E-state index contributed by atoms with van der Waals surface area (Å²) in [5.41, 5.74) is 7.54. The van der Waals surface area contributed by atoms with E-state index in [-0.39, 0.29) is 0 Å². The van der Waals surface area contributed by atoms with Gasteiger partial charge in [0.2, 0.25) is 0 Å². The van der Waals surface area contributed by atoms with Gasteiger partial charge in [-0.05, 0) is 104 Å². The molecule has 0 unspecified atom stereocenters. The predicted molar refractivity (Wildman–Crippen MR) is 208 cm³/mol. The normalized spacial score (nSPS) is 11.8. The summed E-state index contributed by atoms with van der Waals surface area (Å²) in [6.45, 7) is 0. The number of rotatable bonds is 3. The molecule has 0 bridgehead atoms. The van der Waals surface area contributed by atoms with Crippen molar-refractivity contribution < 1.29 is 0 Å². The second-order valence-corrected chi connectivity index (χ2v) is 12.8. The number of hydrogen-bond donors (Lipinski definition) is 0. The Morgan fingerprint density at radius 3 is 1.19 bits per heavy atom. The van der Waals surface area contributed by atoms with Crippen molar-refractivity contribution in [2.75, 3.05) is 0 Å². The van der Waals surface area contributed by atoms with Gasteiger partial charge >= 0.3 is 0 Å². The highest BCUT2D eigenvalue weighted by Gasteiger charge is 2.18. The molecule has 0 radical (unpaired) electrons. The molecular formula is C48H30. The molecule has 0 aliphatic heterocycles. The molecule has 48 heavy (non-hydrogen) atoms. The molecule has 0 saturated heterocycles. The molecule has 0 amide bonds. The Kier molecular flexibility index (Phi) is 5.98. The van der Waals surface area contributed by atoms with Crippen LogP contribution in [0.1, 0.15) is 0 Å². The van der Waals surface area contributed by atoms with E-state index in [1.807, 2.05) is 0 Å². The van der Waals surface area contributed by atoms with Crippen molar-refractivity contribution in [3.05, 3.63) is 182 Å². The lowest BCUT2D eigenvalue weighted by Gasteiger charge is -2.19. The van der Waals surface area contributed by atoms with E-state index < -0.39 is 0 Å². The fourth-order valence-electron chi connectivity index (χ4n) is 8.09. The van der Waals surface area contributed by atoms with Crippen LogP contribution in [0.2, 0.25) is 0 Å². The summed E-state index contributed by atoms with van der Waals surface area (Å²) in [4.78, 5) is 0. The summed E-state index contributed by atoms with van der Waals surface area (Å²) in [7, 11) is 0. The van der Waals surface area contributed by atoms with Gasteiger partial charge in [-0.3, -0.25) is 0 Å². The minimum atomic E-state index is 1.22. The Morgan fingerprint density at radius 1 is 0.208 bits per heavy atom. The van der Waals surface area contributed by atoms with E-state index in [4.69, 9.17) is 0 Å². The molecule has 0 spiro atoms. The largest absolute Gasteiger partial charge is 0.0616 e. The maximum absolute atomic E-state index is 2.38. The summed E-state index contributed by atoms with van der Waals surface area (Å²) >= 11 is 0. The number of fused-ring (bicyclic) bond motifs is 9. The summed E-state index contributed by atoms with van der Waals surface area (Å²) in [5.74, 6) is 0. The SMILES string of the molecule is c1ccc2c(-c3c4ccccc4c(-c4ccc(-c5ccc6c7ccccc7c7ccccc7c6c5)cc4)c4ccccc34)cccc2c1. The van der Waals surface area contributed by atoms with Crippen LogP contribution in [0.15, 0.2) is 182 Å². The molecule has 10 aromatic carbocycles. The van der Waals surface area contributed by atoms with Crippen molar-refractivity contribution in [2.24, 2.45) is 0 Å². The zero-order valence-electron chi connectivity index (χ0n) is 26.3. The third-order valence-electron chi connectivity index (χ3n) is 10.2. The quantitative estimate of drug-likeness (QED) is 0.139. The first-order valence-corrected chi connectivity index (χ1v) is 16.7. The molecule has 0 saturated carbocycles. The molecule has 10 rings (SSSR count). The molecular weight excluding hydrogens is 577 g/mol. The van der Waals surface area contributed by atoms with Gasteiger partial charge in [0.25, 0.3) is 0 Å². The minimum Gasteiger partial charge on any atom is -0.0616 e. The molecule has 0 nitrogen and oxygen atoms in total. The topological polar surface area (TPSA) is 0 Å². The smallest absolute Gasteiger partial charge is 0.00201 e. The second-order valence-electron chi connectivity index (χ2n) is 12.8. The number of benzene rings is 10. The Hall–Kier alpha value is -6.24. The van der Waals surface area contributed by atoms with Crippen molar-refractivity contribution in [1.82, 2.24) is 0 Å². The Labute approximate surface area is 279 Å². The lowest BCUT2D eigenvalue weighted by atomic mass is 9.84. The third-order valence-corrected chi connectivity index (χ3v) is 10.2.